The van der Waals surface area contributed by atoms with Crippen molar-refractivity contribution in [3.8, 4) is 11.1 Å². The van der Waals surface area contributed by atoms with Crippen LogP contribution in [0.4, 0.5) is 0 Å². The van der Waals surface area contributed by atoms with Gasteiger partial charge in [0.05, 0.1) is 6.04 Å². The fourth-order valence-corrected chi connectivity index (χ4v) is 2.80. The van der Waals surface area contributed by atoms with Crippen LogP contribution in [0.5, 0.6) is 0 Å². The molecule has 0 saturated carbocycles. The molecule has 0 atom stereocenters. The highest BCUT2D eigenvalue weighted by molar-refractivity contribution is 5.83. The maximum absolute atomic E-state index is 11.8. The smallest absolute Gasteiger partial charge is 0.248 e. The average molecular weight is 253 g/mol. The van der Waals surface area contributed by atoms with Crippen LogP contribution in [0.1, 0.15) is 17.2 Å². The number of rotatable bonds is 2. The van der Waals surface area contributed by atoms with Gasteiger partial charge in [0.15, 0.2) is 0 Å². The Kier molecular flexibility index (Phi) is 2.84. The van der Waals surface area contributed by atoms with E-state index >= 15 is 0 Å². The number of aliphatic hydroxyl groups is 1. The van der Waals surface area contributed by atoms with Crippen LogP contribution in [0.25, 0.3) is 11.1 Å². The second-order valence-electron chi connectivity index (χ2n) is 4.74. The van der Waals surface area contributed by atoms with Crippen molar-refractivity contribution in [3.05, 3.63) is 59.7 Å². The third kappa shape index (κ3) is 1.74. The zero-order chi connectivity index (χ0) is 13.4. The fourth-order valence-electron chi connectivity index (χ4n) is 2.80. The number of hydrogen-bond donors (Lipinski definition) is 1. The number of likely N-dealkylation sites (N-methyl/N-ethyl adjacent to an activating group) is 1. The van der Waals surface area contributed by atoms with Gasteiger partial charge in [-0.15, -0.1) is 0 Å². The van der Waals surface area contributed by atoms with E-state index in [9.17, 15) is 4.79 Å². The lowest BCUT2D eigenvalue weighted by molar-refractivity contribution is -0.134. The van der Waals surface area contributed by atoms with E-state index in [0.29, 0.717) is 0 Å². The number of nitrogens with zero attached hydrogens (tertiary/aromatic N) is 1. The van der Waals surface area contributed by atoms with E-state index in [1.54, 1.807) is 11.9 Å². The predicted octanol–water partition coefficient (Wildman–Crippen LogP) is 2.21. The third-order valence-electron chi connectivity index (χ3n) is 3.72. The molecule has 1 aliphatic carbocycles. The Bertz CT molecular complexity index is 591. The second-order valence-corrected chi connectivity index (χ2v) is 4.74. The molecular weight excluding hydrogens is 238 g/mol. The SMILES string of the molecule is CN(C(=O)CO)C1c2ccccc2-c2ccccc21. The summed E-state index contributed by atoms with van der Waals surface area (Å²) >= 11 is 0. The first kappa shape index (κ1) is 11.9. The summed E-state index contributed by atoms with van der Waals surface area (Å²) in [5, 5.41) is 9.07. The Balaban J connectivity index is 2.17. The summed E-state index contributed by atoms with van der Waals surface area (Å²) in [5.41, 5.74) is 4.57. The Morgan fingerprint density at radius 1 is 1.05 bits per heavy atom. The van der Waals surface area contributed by atoms with E-state index < -0.39 is 6.61 Å². The van der Waals surface area contributed by atoms with E-state index in [1.807, 2.05) is 36.4 Å². The number of carbonyl (C=O) groups is 1. The molecule has 2 aromatic rings. The average Bonchev–Trinajstić information content (AvgIpc) is 2.80. The molecule has 2 aromatic carbocycles. The highest BCUT2D eigenvalue weighted by Crippen LogP contribution is 2.45. The van der Waals surface area contributed by atoms with Crippen molar-refractivity contribution >= 4 is 5.91 Å². The number of carbonyl (C=O) groups excluding carboxylic acids is 1. The molecular formula is C16H15NO2. The lowest BCUT2D eigenvalue weighted by Gasteiger charge is -2.25. The van der Waals surface area contributed by atoms with Gasteiger partial charge in [0.1, 0.15) is 6.61 Å². The van der Waals surface area contributed by atoms with Crippen molar-refractivity contribution in [2.75, 3.05) is 13.7 Å². The maximum atomic E-state index is 11.8. The summed E-state index contributed by atoms with van der Waals surface area (Å²) in [7, 11) is 1.74. The van der Waals surface area contributed by atoms with Gasteiger partial charge in [-0.2, -0.15) is 0 Å². The zero-order valence-corrected chi connectivity index (χ0v) is 10.7. The van der Waals surface area contributed by atoms with Gasteiger partial charge in [-0.25, -0.2) is 0 Å². The van der Waals surface area contributed by atoms with E-state index in [0.717, 1.165) is 11.1 Å². The standard InChI is InChI=1S/C16H15NO2/c1-17(15(19)10-18)16-13-8-4-2-6-11(13)12-7-3-5-9-14(12)16/h2-9,16,18H,10H2,1H3. The molecule has 1 amide bonds. The molecule has 3 rings (SSSR count). The van der Waals surface area contributed by atoms with Gasteiger partial charge < -0.3 is 10.0 Å². The van der Waals surface area contributed by atoms with Crippen molar-refractivity contribution in [3.63, 3.8) is 0 Å². The molecule has 0 saturated heterocycles. The van der Waals surface area contributed by atoms with Crippen LogP contribution in [-0.2, 0) is 4.79 Å². The molecule has 0 radical (unpaired) electrons. The molecule has 1 aliphatic rings. The van der Waals surface area contributed by atoms with Crippen LogP contribution < -0.4 is 0 Å². The summed E-state index contributed by atoms with van der Waals surface area (Å²) in [6.45, 7) is -0.461. The monoisotopic (exact) mass is 253 g/mol. The summed E-state index contributed by atoms with van der Waals surface area (Å²) in [6.07, 6.45) is 0. The van der Waals surface area contributed by atoms with E-state index in [-0.39, 0.29) is 11.9 Å². The second kappa shape index (κ2) is 4.52. The topological polar surface area (TPSA) is 40.5 Å². The van der Waals surface area contributed by atoms with Crippen LogP contribution in [0, 0.1) is 0 Å². The Hall–Kier alpha value is -2.13. The van der Waals surface area contributed by atoms with Crippen molar-refractivity contribution in [1.29, 1.82) is 0 Å². The number of aliphatic hydroxyl groups excluding tert-OH is 1. The van der Waals surface area contributed by atoms with Crippen LogP contribution >= 0.6 is 0 Å². The normalized spacial score (nSPS) is 12.9. The van der Waals surface area contributed by atoms with Gasteiger partial charge in [0, 0.05) is 7.05 Å². The summed E-state index contributed by atoms with van der Waals surface area (Å²) < 4.78 is 0. The van der Waals surface area contributed by atoms with Crippen molar-refractivity contribution < 1.29 is 9.90 Å². The third-order valence-corrected chi connectivity index (χ3v) is 3.72. The molecule has 3 nitrogen and oxygen atoms in total. The molecule has 0 spiro atoms. The van der Waals surface area contributed by atoms with Crippen LogP contribution in [0.2, 0.25) is 0 Å². The zero-order valence-electron chi connectivity index (χ0n) is 10.7. The number of hydrogen-bond acceptors (Lipinski definition) is 2. The minimum absolute atomic E-state index is 0.105. The van der Waals surface area contributed by atoms with Gasteiger partial charge >= 0.3 is 0 Å². The summed E-state index contributed by atoms with van der Waals surface area (Å²) in [5.74, 6) is -0.267. The number of fused-ring (bicyclic) bond motifs is 3. The fraction of sp³-hybridized carbons (Fsp3) is 0.188. The van der Waals surface area contributed by atoms with Crippen molar-refractivity contribution in [1.82, 2.24) is 4.90 Å². The van der Waals surface area contributed by atoms with E-state index in [2.05, 4.69) is 12.1 Å². The highest BCUT2D eigenvalue weighted by Gasteiger charge is 2.32. The van der Waals surface area contributed by atoms with Crippen molar-refractivity contribution in [2.24, 2.45) is 0 Å². The molecule has 0 aromatic heterocycles. The summed E-state index contributed by atoms with van der Waals surface area (Å²) in [6, 6.07) is 16.1. The Morgan fingerprint density at radius 2 is 1.53 bits per heavy atom. The van der Waals surface area contributed by atoms with E-state index in [4.69, 9.17) is 5.11 Å². The van der Waals surface area contributed by atoms with E-state index in [1.165, 1.54) is 11.1 Å². The Labute approximate surface area is 112 Å². The quantitative estimate of drug-likeness (QED) is 0.891. The highest BCUT2D eigenvalue weighted by atomic mass is 16.3. The molecule has 0 heterocycles. The minimum atomic E-state index is -0.461. The first-order valence-corrected chi connectivity index (χ1v) is 6.28. The van der Waals surface area contributed by atoms with Crippen LogP contribution in [0.3, 0.4) is 0 Å². The molecule has 0 unspecified atom stereocenters. The van der Waals surface area contributed by atoms with Gasteiger partial charge in [-0.3, -0.25) is 4.79 Å². The number of amides is 1. The summed E-state index contributed by atoms with van der Waals surface area (Å²) in [4.78, 5) is 13.4. The number of benzene rings is 2. The molecule has 0 fully saturated rings. The first-order valence-electron chi connectivity index (χ1n) is 6.28. The molecule has 0 bridgehead atoms. The van der Waals surface area contributed by atoms with Crippen molar-refractivity contribution in [2.45, 2.75) is 6.04 Å². The van der Waals surface area contributed by atoms with Gasteiger partial charge in [0.25, 0.3) is 0 Å². The largest absolute Gasteiger partial charge is 0.387 e. The maximum Gasteiger partial charge on any atom is 0.248 e. The molecule has 96 valence electrons. The lowest BCUT2D eigenvalue weighted by atomic mass is 10.0. The minimum Gasteiger partial charge on any atom is -0.387 e. The van der Waals surface area contributed by atoms with Gasteiger partial charge in [0.2, 0.25) is 5.91 Å². The van der Waals surface area contributed by atoms with Crippen LogP contribution in [-0.4, -0.2) is 29.6 Å². The predicted molar refractivity (Wildman–Crippen MR) is 73.6 cm³/mol. The van der Waals surface area contributed by atoms with Crippen LogP contribution in [0.15, 0.2) is 48.5 Å². The van der Waals surface area contributed by atoms with Gasteiger partial charge in [-0.1, -0.05) is 48.5 Å². The molecule has 19 heavy (non-hydrogen) atoms. The molecule has 3 heteroatoms. The molecule has 1 N–H and O–H groups in total. The lowest BCUT2D eigenvalue weighted by Crippen LogP contribution is -2.32. The van der Waals surface area contributed by atoms with Gasteiger partial charge in [-0.05, 0) is 22.3 Å². The Morgan fingerprint density at radius 3 is 2.00 bits per heavy atom. The molecule has 0 aliphatic heterocycles. The first-order chi connectivity index (χ1) is 9.24.